The van der Waals surface area contributed by atoms with Gasteiger partial charge < -0.3 is 10.2 Å². The molecule has 2 unspecified atom stereocenters. The largest absolute Gasteiger partial charge is 0.314 e. The van der Waals surface area contributed by atoms with Crippen molar-refractivity contribution in [1.29, 1.82) is 0 Å². The van der Waals surface area contributed by atoms with Gasteiger partial charge in [0, 0.05) is 32.7 Å². The van der Waals surface area contributed by atoms with Crippen LogP contribution in [0.4, 0.5) is 0 Å². The molecule has 2 nitrogen and oxygen atoms in total. The van der Waals surface area contributed by atoms with Crippen molar-refractivity contribution in [1.82, 2.24) is 10.2 Å². The Labute approximate surface area is 111 Å². The highest BCUT2D eigenvalue weighted by Crippen LogP contribution is 2.65. The third-order valence-electron chi connectivity index (χ3n) is 6.24. The number of nitrogens with zero attached hydrogens (tertiary/aromatic N) is 1. The molecular formula is C16H28N2. The molecule has 0 aromatic carbocycles. The maximum absolute atomic E-state index is 3.49. The second kappa shape index (κ2) is 3.96. The number of rotatable bonds is 2. The Balaban J connectivity index is 1.52. The molecule has 1 saturated heterocycles. The lowest BCUT2D eigenvalue weighted by atomic mass is 9.44. The van der Waals surface area contributed by atoms with Crippen LogP contribution < -0.4 is 5.32 Å². The molecule has 2 heteroatoms. The van der Waals surface area contributed by atoms with Crippen molar-refractivity contribution in [2.24, 2.45) is 22.7 Å². The first-order valence-corrected chi connectivity index (χ1v) is 8.08. The minimum Gasteiger partial charge on any atom is -0.314 e. The lowest BCUT2D eigenvalue weighted by molar-refractivity contribution is -0.113. The molecule has 18 heavy (non-hydrogen) atoms. The summed E-state index contributed by atoms with van der Waals surface area (Å²) >= 11 is 0. The van der Waals surface area contributed by atoms with Gasteiger partial charge in [-0.3, -0.25) is 0 Å². The van der Waals surface area contributed by atoms with Gasteiger partial charge in [0.1, 0.15) is 0 Å². The fraction of sp³-hybridized carbons (Fsp3) is 1.00. The smallest absolute Gasteiger partial charge is 0.0108 e. The van der Waals surface area contributed by atoms with E-state index in [1.165, 1.54) is 39.1 Å². The molecule has 0 amide bonds. The molecule has 4 saturated carbocycles. The van der Waals surface area contributed by atoms with Crippen LogP contribution in [0, 0.1) is 22.7 Å². The summed E-state index contributed by atoms with van der Waals surface area (Å²) in [7, 11) is 0. The average Bonchev–Trinajstić information content (AvgIpc) is 2.25. The van der Waals surface area contributed by atoms with Crippen LogP contribution in [0.25, 0.3) is 0 Å². The third-order valence-corrected chi connectivity index (χ3v) is 6.24. The van der Waals surface area contributed by atoms with Crippen molar-refractivity contribution in [3.63, 3.8) is 0 Å². The minimum absolute atomic E-state index is 0.718. The monoisotopic (exact) mass is 248 g/mol. The third kappa shape index (κ3) is 1.92. The number of piperazine rings is 1. The summed E-state index contributed by atoms with van der Waals surface area (Å²) in [6.07, 6.45) is 9.32. The Morgan fingerprint density at radius 3 is 2.33 bits per heavy atom. The van der Waals surface area contributed by atoms with E-state index >= 15 is 0 Å². The quantitative estimate of drug-likeness (QED) is 0.808. The van der Waals surface area contributed by atoms with Crippen LogP contribution >= 0.6 is 0 Å². The van der Waals surface area contributed by atoms with Crippen molar-refractivity contribution in [3.8, 4) is 0 Å². The van der Waals surface area contributed by atoms with Crippen LogP contribution in [0.15, 0.2) is 0 Å². The van der Waals surface area contributed by atoms with E-state index in [9.17, 15) is 0 Å². The van der Waals surface area contributed by atoms with Crippen molar-refractivity contribution >= 4 is 0 Å². The molecule has 0 aromatic rings. The maximum atomic E-state index is 3.49. The van der Waals surface area contributed by atoms with E-state index < -0.39 is 0 Å². The van der Waals surface area contributed by atoms with Crippen molar-refractivity contribution in [2.45, 2.75) is 45.4 Å². The normalized spacial score (nSPS) is 51.8. The molecule has 1 heterocycles. The second-order valence-electron chi connectivity index (χ2n) is 8.30. The molecule has 1 N–H and O–H groups in total. The van der Waals surface area contributed by atoms with Crippen molar-refractivity contribution in [2.75, 3.05) is 32.7 Å². The molecule has 0 radical (unpaired) electrons. The van der Waals surface area contributed by atoms with Crippen LogP contribution in [-0.2, 0) is 0 Å². The number of nitrogens with one attached hydrogen (secondary N) is 1. The Morgan fingerprint density at radius 1 is 1.06 bits per heavy atom. The summed E-state index contributed by atoms with van der Waals surface area (Å²) in [5.74, 6) is 2.17. The Bertz CT molecular complexity index is 318. The van der Waals surface area contributed by atoms with E-state index in [4.69, 9.17) is 0 Å². The first kappa shape index (κ1) is 11.7. The highest BCUT2D eigenvalue weighted by atomic mass is 15.2. The molecule has 1 aliphatic heterocycles. The van der Waals surface area contributed by atoms with Gasteiger partial charge in [-0.25, -0.2) is 0 Å². The summed E-state index contributed by atoms with van der Waals surface area (Å²) in [4.78, 5) is 2.76. The molecule has 102 valence electrons. The fourth-order valence-corrected chi connectivity index (χ4v) is 6.46. The van der Waals surface area contributed by atoms with Crippen LogP contribution in [-0.4, -0.2) is 37.6 Å². The molecule has 0 aromatic heterocycles. The van der Waals surface area contributed by atoms with Gasteiger partial charge >= 0.3 is 0 Å². The van der Waals surface area contributed by atoms with E-state index in [0.717, 1.165) is 22.7 Å². The second-order valence-corrected chi connectivity index (χ2v) is 8.30. The summed E-state index contributed by atoms with van der Waals surface area (Å²) in [5, 5.41) is 3.49. The highest BCUT2D eigenvalue weighted by Gasteiger charge is 2.55. The van der Waals surface area contributed by atoms with Crippen LogP contribution in [0.5, 0.6) is 0 Å². The lowest BCUT2D eigenvalue weighted by Gasteiger charge is -2.62. The van der Waals surface area contributed by atoms with E-state index in [1.807, 2.05) is 0 Å². The molecular weight excluding hydrogens is 220 g/mol. The molecule has 4 bridgehead atoms. The number of hydrogen-bond donors (Lipinski definition) is 1. The molecule has 0 spiro atoms. The van der Waals surface area contributed by atoms with Crippen LogP contribution in [0.3, 0.4) is 0 Å². The van der Waals surface area contributed by atoms with Gasteiger partial charge in [0.2, 0.25) is 0 Å². The molecule has 2 atom stereocenters. The van der Waals surface area contributed by atoms with Crippen molar-refractivity contribution < 1.29 is 0 Å². The van der Waals surface area contributed by atoms with E-state index in [1.54, 1.807) is 32.1 Å². The summed E-state index contributed by atoms with van der Waals surface area (Å²) in [5.41, 5.74) is 1.44. The van der Waals surface area contributed by atoms with Crippen LogP contribution in [0.2, 0.25) is 0 Å². The lowest BCUT2D eigenvalue weighted by Crippen LogP contribution is -2.56. The first-order chi connectivity index (χ1) is 8.65. The zero-order valence-electron chi connectivity index (χ0n) is 11.9. The first-order valence-electron chi connectivity index (χ1n) is 8.08. The van der Waals surface area contributed by atoms with Gasteiger partial charge in [-0.15, -0.1) is 0 Å². The molecule has 4 aliphatic carbocycles. The van der Waals surface area contributed by atoms with E-state index in [2.05, 4.69) is 17.1 Å². The standard InChI is InChI=1S/C16H28N2/c1-15-7-13-6-14(8-15)10-16(9-13,11-15)12-18-4-2-17-3-5-18/h13-14,17H,2-12H2,1H3. The van der Waals surface area contributed by atoms with Crippen molar-refractivity contribution in [3.05, 3.63) is 0 Å². The van der Waals surface area contributed by atoms with Gasteiger partial charge in [0.25, 0.3) is 0 Å². The van der Waals surface area contributed by atoms with E-state index in [-0.39, 0.29) is 0 Å². The van der Waals surface area contributed by atoms with Gasteiger partial charge in [0.15, 0.2) is 0 Å². The van der Waals surface area contributed by atoms with Crippen LogP contribution in [0.1, 0.15) is 45.4 Å². The van der Waals surface area contributed by atoms with Gasteiger partial charge in [-0.1, -0.05) is 6.92 Å². The topological polar surface area (TPSA) is 15.3 Å². The average molecular weight is 248 g/mol. The predicted molar refractivity (Wildman–Crippen MR) is 74.5 cm³/mol. The zero-order valence-corrected chi connectivity index (χ0v) is 11.9. The molecule has 5 rings (SSSR count). The number of hydrogen-bond acceptors (Lipinski definition) is 2. The molecule has 5 fully saturated rings. The SMILES string of the molecule is CC12CC3CC(C1)CC(CN1CCNCC1)(C3)C2. The van der Waals surface area contributed by atoms with E-state index in [0.29, 0.717) is 0 Å². The van der Waals surface area contributed by atoms with Gasteiger partial charge in [-0.05, 0) is 61.2 Å². The molecule has 5 aliphatic rings. The minimum atomic E-state index is 0.718. The Hall–Kier alpha value is -0.0800. The summed E-state index contributed by atoms with van der Waals surface area (Å²) in [6.45, 7) is 9.00. The van der Waals surface area contributed by atoms with Gasteiger partial charge in [-0.2, -0.15) is 0 Å². The zero-order chi connectivity index (χ0) is 12.2. The Kier molecular flexibility index (Phi) is 2.58. The highest BCUT2D eigenvalue weighted by molar-refractivity contribution is 5.07. The summed E-state index contributed by atoms with van der Waals surface area (Å²) in [6, 6.07) is 0. The summed E-state index contributed by atoms with van der Waals surface area (Å²) < 4.78 is 0. The van der Waals surface area contributed by atoms with Gasteiger partial charge in [0.05, 0.1) is 0 Å². The maximum Gasteiger partial charge on any atom is 0.0108 e. The fourth-order valence-electron chi connectivity index (χ4n) is 6.46. The Morgan fingerprint density at radius 2 is 1.72 bits per heavy atom. The predicted octanol–water partition coefficient (Wildman–Crippen LogP) is 2.50.